The second-order valence-corrected chi connectivity index (χ2v) is 2.88. The van der Waals surface area contributed by atoms with Crippen LogP contribution in [0.15, 0.2) is 18.3 Å². The third-order valence-electron chi connectivity index (χ3n) is 2.10. The summed E-state index contributed by atoms with van der Waals surface area (Å²) in [6.45, 7) is 1.08. The van der Waals surface area contributed by atoms with Crippen LogP contribution >= 0.6 is 0 Å². The normalized spacial score (nSPS) is 21.1. The van der Waals surface area contributed by atoms with Crippen LogP contribution in [0.1, 0.15) is 23.7 Å². The number of nitriles is 1. The van der Waals surface area contributed by atoms with Crippen LogP contribution in [0.4, 0.5) is 0 Å². The number of hydrogen-bond acceptors (Lipinski definition) is 3. The van der Waals surface area contributed by atoms with Gasteiger partial charge in [0.15, 0.2) is 0 Å². The van der Waals surface area contributed by atoms with Gasteiger partial charge in [-0.3, -0.25) is 4.98 Å². The van der Waals surface area contributed by atoms with Crippen LogP contribution in [0.2, 0.25) is 0 Å². The summed E-state index contributed by atoms with van der Waals surface area (Å²) >= 11 is 0. The Morgan fingerprint density at radius 3 is 2.83 bits per heavy atom. The quantitative estimate of drug-likeness (QED) is 0.664. The minimum absolute atomic E-state index is 0.415. The van der Waals surface area contributed by atoms with E-state index in [0.717, 1.165) is 18.7 Å². The van der Waals surface area contributed by atoms with Gasteiger partial charge < -0.3 is 5.32 Å². The topological polar surface area (TPSA) is 48.7 Å². The maximum absolute atomic E-state index is 8.53. The Kier molecular flexibility index (Phi) is 1.77. The Morgan fingerprint density at radius 2 is 2.42 bits per heavy atom. The summed E-state index contributed by atoms with van der Waals surface area (Å²) < 4.78 is 0. The zero-order chi connectivity index (χ0) is 8.39. The van der Waals surface area contributed by atoms with E-state index in [1.807, 2.05) is 18.2 Å². The molecular formula is C9H9N3. The molecular weight excluding hydrogens is 150 g/mol. The SMILES string of the molecule is N#Cc1ccc([C@H]2CCN2)nc1. The predicted molar refractivity (Wildman–Crippen MR) is 44.3 cm³/mol. The molecule has 1 aliphatic heterocycles. The van der Waals surface area contributed by atoms with E-state index in [0.29, 0.717) is 11.6 Å². The van der Waals surface area contributed by atoms with Crippen molar-refractivity contribution in [1.29, 1.82) is 5.26 Å². The molecule has 0 radical (unpaired) electrons. The minimum atomic E-state index is 0.415. The monoisotopic (exact) mass is 159 g/mol. The fourth-order valence-corrected chi connectivity index (χ4v) is 1.22. The highest BCUT2D eigenvalue weighted by atomic mass is 15.0. The van der Waals surface area contributed by atoms with Crippen molar-refractivity contribution in [2.75, 3.05) is 6.54 Å². The van der Waals surface area contributed by atoms with E-state index >= 15 is 0 Å². The lowest BCUT2D eigenvalue weighted by molar-refractivity contribution is 0.375. The standard InChI is InChI=1S/C9H9N3/c10-5-7-1-2-8(12-6-7)9-3-4-11-9/h1-2,6,9,11H,3-4H2/t9-/m1/s1. The van der Waals surface area contributed by atoms with Crippen molar-refractivity contribution in [2.24, 2.45) is 0 Å². The highest BCUT2D eigenvalue weighted by Crippen LogP contribution is 2.20. The highest BCUT2D eigenvalue weighted by Gasteiger charge is 2.18. The van der Waals surface area contributed by atoms with Crippen molar-refractivity contribution in [3.05, 3.63) is 29.6 Å². The molecule has 0 unspecified atom stereocenters. The van der Waals surface area contributed by atoms with Gasteiger partial charge in [-0.15, -0.1) is 0 Å². The molecule has 60 valence electrons. The summed E-state index contributed by atoms with van der Waals surface area (Å²) in [4.78, 5) is 4.19. The third kappa shape index (κ3) is 1.17. The first-order valence-electron chi connectivity index (χ1n) is 3.99. The van der Waals surface area contributed by atoms with Crippen molar-refractivity contribution in [3.8, 4) is 6.07 Å². The molecule has 2 rings (SSSR count). The largest absolute Gasteiger partial charge is 0.309 e. The predicted octanol–water partition coefficient (Wildman–Crippen LogP) is 0.988. The van der Waals surface area contributed by atoms with Gasteiger partial charge in [0.05, 0.1) is 17.3 Å². The molecule has 0 aliphatic carbocycles. The van der Waals surface area contributed by atoms with Gasteiger partial charge in [0.1, 0.15) is 6.07 Å². The lowest BCUT2D eigenvalue weighted by Crippen LogP contribution is -2.35. The summed E-state index contributed by atoms with van der Waals surface area (Å²) in [5, 5.41) is 11.8. The van der Waals surface area contributed by atoms with Crippen LogP contribution in [0, 0.1) is 11.3 Å². The van der Waals surface area contributed by atoms with Crippen LogP contribution in [0.3, 0.4) is 0 Å². The number of pyridine rings is 1. The molecule has 3 heteroatoms. The van der Waals surface area contributed by atoms with Gasteiger partial charge in [0.2, 0.25) is 0 Å². The van der Waals surface area contributed by atoms with Gasteiger partial charge in [-0.25, -0.2) is 0 Å². The van der Waals surface area contributed by atoms with Crippen LogP contribution in [-0.4, -0.2) is 11.5 Å². The van der Waals surface area contributed by atoms with Gasteiger partial charge in [-0.1, -0.05) is 0 Å². The summed E-state index contributed by atoms with van der Waals surface area (Å²) in [6.07, 6.45) is 2.77. The summed E-state index contributed by atoms with van der Waals surface area (Å²) in [7, 11) is 0. The van der Waals surface area contributed by atoms with Gasteiger partial charge in [0.25, 0.3) is 0 Å². The highest BCUT2D eigenvalue weighted by molar-refractivity contribution is 5.27. The third-order valence-corrected chi connectivity index (χ3v) is 2.10. The van der Waals surface area contributed by atoms with Gasteiger partial charge in [-0.2, -0.15) is 5.26 Å². The van der Waals surface area contributed by atoms with E-state index in [4.69, 9.17) is 5.26 Å². The van der Waals surface area contributed by atoms with Crippen molar-refractivity contribution >= 4 is 0 Å². The molecule has 1 aromatic rings. The van der Waals surface area contributed by atoms with Crippen LogP contribution in [0.5, 0.6) is 0 Å². The average Bonchev–Trinajstić information content (AvgIpc) is 2.03. The molecule has 1 aromatic heterocycles. The Hall–Kier alpha value is -1.40. The second-order valence-electron chi connectivity index (χ2n) is 2.88. The Bertz CT molecular complexity index is 306. The van der Waals surface area contributed by atoms with Crippen molar-refractivity contribution in [3.63, 3.8) is 0 Å². The first-order chi connectivity index (χ1) is 5.90. The van der Waals surface area contributed by atoms with E-state index in [1.54, 1.807) is 6.20 Å². The number of nitrogens with zero attached hydrogens (tertiary/aromatic N) is 2. The fraction of sp³-hybridized carbons (Fsp3) is 0.333. The van der Waals surface area contributed by atoms with E-state index in [-0.39, 0.29) is 0 Å². The van der Waals surface area contributed by atoms with Crippen LogP contribution in [-0.2, 0) is 0 Å². The fourth-order valence-electron chi connectivity index (χ4n) is 1.22. The number of nitrogens with one attached hydrogen (secondary N) is 1. The lowest BCUT2D eigenvalue weighted by Gasteiger charge is -2.26. The van der Waals surface area contributed by atoms with Gasteiger partial charge >= 0.3 is 0 Å². The van der Waals surface area contributed by atoms with Crippen LogP contribution in [0.25, 0.3) is 0 Å². The molecule has 1 saturated heterocycles. The van der Waals surface area contributed by atoms with E-state index in [2.05, 4.69) is 10.3 Å². The molecule has 1 fully saturated rings. The molecule has 1 N–H and O–H groups in total. The number of hydrogen-bond donors (Lipinski definition) is 1. The maximum Gasteiger partial charge on any atom is 0.101 e. The van der Waals surface area contributed by atoms with Crippen molar-refractivity contribution in [1.82, 2.24) is 10.3 Å². The van der Waals surface area contributed by atoms with E-state index < -0.39 is 0 Å². The smallest absolute Gasteiger partial charge is 0.101 e. The Morgan fingerprint density at radius 1 is 1.58 bits per heavy atom. The molecule has 0 bridgehead atoms. The average molecular weight is 159 g/mol. The first kappa shape index (κ1) is 7.26. The van der Waals surface area contributed by atoms with Crippen LogP contribution < -0.4 is 5.32 Å². The van der Waals surface area contributed by atoms with E-state index in [9.17, 15) is 0 Å². The molecule has 0 spiro atoms. The zero-order valence-corrected chi connectivity index (χ0v) is 6.62. The Balaban J connectivity index is 2.19. The minimum Gasteiger partial charge on any atom is -0.309 e. The molecule has 12 heavy (non-hydrogen) atoms. The molecule has 3 nitrogen and oxygen atoms in total. The van der Waals surface area contributed by atoms with Gasteiger partial charge in [-0.05, 0) is 25.1 Å². The molecule has 0 saturated carbocycles. The number of aromatic nitrogens is 1. The van der Waals surface area contributed by atoms with E-state index in [1.165, 1.54) is 0 Å². The second kappa shape index (κ2) is 2.92. The molecule has 2 heterocycles. The zero-order valence-electron chi connectivity index (χ0n) is 6.62. The van der Waals surface area contributed by atoms with Crippen molar-refractivity contribution < 1.29 is 0 Å². The molecule has 0 amide bonds. The Labute approximate surface area is 71.0 Å². The summed E-state index contributed by atoms with van der Waals surface area (Å²) in [5.41, 5.74) is 1.67. The number of rotatable bonds is 1. The molecule has 1 aliphatic rings. The molecule has 1 atom stereocenters. The summed E-state index contributed by atoms with van der Waals surface area (Å²) in [5.74, 6) is 0. The summed E-state index contributed by atoms with van der Waals surface area (Å²) in [6, 6.07) is 6.18. The van der Waals surface area contributed by atoms with Gasteiger partial charge in [0, 0.05) is 6.20 Å². The maximum atomic E-state index is 8.53. The van der Waals surface area contributed by atoms with Crippen molar-refractivity contribution in [2.45, 2.75) is 12.5 Å². The lowest BCUT2D eigenvalue weighted by atomic mass is 10.0. The molecule has 0 aromatic carbocycles. The first-order valence-corrected chi connectivity index (χ1v) is 3.99.